The van der Waals surface area contributed by atoms with Gasteiger partial charge in [-0.3, -0.25) is 0 Å². The van der Waals surface area contributed by atoms with Crippen molar-refractivity contribution >= 4 is 16.5 Å². The quantitative estimate of drug-likeness (QED) is 0.822. The Kier molecular flexibility index (Phi) is 4.38. The maximum Gasteiger partial charge on any atom is 0.0998 e. The molecule has 2 aromatic carbocycles. The second-order valence-corrected chi connectivity index (χ2v) is 4.36. The van der Waals surface area contributed by atoms with Crippen LogP contribution >= 0.6 is 0 Å². The minimum atomic E-state index is 0.697. The van der Waals surface area contributed by atoms with Crippen LogP contribution < -0.4 is 4.90 Å². The van der Waals surface area contributed by atoms with E-state index in [0.717, 1.165) is 35.1 Å². The van der Waals surface area contributed by atoms with Gasteiger partial charge in [-0.1, -0.05) is 24.3 Å². The number of nitriles is 1. The van der Waals surface area contributed by atoms with Crippen LogP contribution in [0.3, 0.4) is 0 Å². The van der Waals surface area contributed by atoms with Crippen LogP contribution in [-0.2, 0) is 4.74 Å². The summed E-state index contributed by atoms with van der Waals surface area (Å²) in [5, 5.41) is 11.3. The lowest BCUT2D eigenvalue weighted by Crippen LogP contribution is -2.27. The summed E-state index contributed by atoms with van der Waals surface area (Å²) < 4.78 is 5.16. The third-order valence-corrected chi connectivity index (χ3v) is 3.31. The molecular formula is C16H18N2O. The van der Waals surface area contributed by atoms with Gasteiger partial charge in [0.25, 0.3) is 0 Å². The van der Waals surface area contributed by atoms with Crippen molar-refractivity contribution in [3.05, 3.63) is 42.0 Å². The molecule has 0 heterocycles. The van der Waals surface area contributed by atoms with E-state index < -0.39 is 0 Å². The first kappa shape index (κ1) is 13.4. The number of nitrogens with zero attached hydrogens (tertiary/aromatic N) is 2. The predicted octanol–water partition coefficient (Wildman–Crippen LogP) is 3.18. The Labute approximate surface area is 114 Å². The van der Waals surface area contributed by atoms with Crippen LogP contribution in [0.15, 0.2) is 36.4 Å². The molecule has 0 bridgehead atoms. The molecular weight excluding hydrogens is 236 g/mol. The summed E-state index contributed by atoms with van der Waals surface area (Å²) in [5.74, 6) is 0. The fourth-order valence-corrected chi connectivity index (χ4v) is 2.31. The number of hydrogen-bond donors (Lipinski definition) is 0. The molecule has 0 amide bonds. The minimum Gasteiger partial charge on any atom is -0.383 e. The first-order chi connectivity index (χ1) is 9.31. The van der Waals surface area contributed by atoms with Gasteiger partial charge in [0.05, 0.1) is 18.2 Å². The standard InChI is InChI=1S/C16H18N2O/c1-3-18(10-11-19-2)16-9-8-13(12-17)14-6-4-5-7-15(14)16/h4-9H,3,10-11H2,1-2H3. The molecule has 3 nitrogen and oxygen atoms in total. The zero-order valence-electron chi connectivity index (χ0n) is 11.4. The Balaban J connectivity index is 2.52. The molecule has 3 heteroatoms. The highest BCUT2D eigenvalue weighted by molar-refractivity contribution is 5.97. The minimum absolute atomic E-state index is 0.697. The Morgan fingerprint density at radius 2 is 1.89 bits per heavy atom. The van der Waals surface area contributed by atoms with Crippen LogP contribution in [0.25, 0.3) is 10.8 Å². The summed E-state index contributed by atoms with van der Waals surface area (Å²) in [4.78, 5) is 2.27. The first-order valence-electron chi connectivity index (χ1n) is 6.47. The lowest BCUT2D eigenvalue weighted by Gasteiger charge is -2.24. The number of benzene rings is 2. The Morgan fingerprint density at radius 3 is 2.53 bits per heavy atom. The largest absolute Gasteiger partial charge is 0.383 e. The molecule has 0 aromatic heterocycles. The molecule has 0 aliphatic carbocycles. The number of rotatable bonds is 5. The molecule has 0 fully saturated rings. The monoisotopic (exact) mass is 254 g/mol. The van der Waals surface area contributed by atoms with Gasteiger partial charge in [0.2, 0.25) is 0 Å². The van der Waals surface area contributed by atoms with Gasteiger partial charge < -0.3 is 9.64 Å². The molecule has 0 radical (unpaired) electrons. The number of hydrogen-bond acceptors (Lipinski definition) is 3. The summed E-state index contributed by atoms with van der Waals surface area (Å²) in [6, 6.07) is 14.2. The second-order valence-electron chi connectivity index (χ2n) is 4.36. The Morgan fingerprint density at radius 1 is 1.16 bits per heavy atom. The van der Waals surface area contributed by atoms with Crippen molar-refractivity contribution in [3.8, 4) is 6.07 Å². The van der Waals surface area contributed by atoms with E-state index in [-0.39, 0.29) is 0 Å². The van der Waals surface area contributed by atoms with Gasteiger partial charge >= 0.3 is 0 Å². The molecule has 98 valence electrons. The highest BCUT2D eigenvalue weighted by Gasteiger charge is 2.10. The zero-order chi connectivity index (χ0) is 13.7. The van der Waals surface area contributed by atoms with Crippen molar-refractivity contribution in [2.45, 2.75) is 6.92 Å². The van der Waals surface area contributed by atoms with Crippen molar-refractivity contribution in [2.24, 2.45) is 0 Å². The second kappa shape index (κ2) is 6.21. The van der Waals surface area contributed by atoms with E-state index in [1.54, 1.807) is 7.11 Å². The predicted molar refractivity (Wildman–Crippen MR) is 78.4 cm³/mol. The summed E-state index contributed by atoms with van der Waals surface area (Å²) in [5.41, 5.74) is 1.89. The van der Waals surface area contributed by atoms with E-state index in [0.29, 0.717) is 6.61 Å². The molecule has 0 atom stereocenters. The van der Waals surface area contributed by atoms with Gasteiger partial charge in [-0.05, 0) is 19.1 Å². The normalized spacial score (nSPS) is 10.4. The molecule has 0 aliphatic rings. The van der Waals surface area contributed by atoms with Gasteiger partial charge in [0.15, 0.2) is 0 Å². The number of methoxy groups -OCH3 is 1. The van der Waals surface area contributed by atoms with Crippen LogP contribution in [-0.4, -0.2) is 26.8 Å². The fourth-order valence-electron chi connectivity index (χ4n) is 2.31. The van der Waals surface area contributed by atoms with Crippen molar-refractivity contribution < 1.29 is 4.74 Å². The van der Waals surface area contributed by atoms with Crippen LogP contribution in [0.4, 0.5) is 5.69 Å². The van der Waals surface area contributed by atoms with E-state index in [9.17, 15) is 5.26 Å². The molecule has 0 spiro atoms. The lowest BCUT2D eigenvalue weighted by atomic mass is 10.0. The molecule has 0 saturated heterocycles. The number of likely N-dealkylation sites (N-methyl/N-ethyl adjacent to an activating group) is 1. The summed E-state index contributed by atoms with van der Waals surface area (Å²) >= 11 is 0. The van der Waals surface area contributed by atoms with Gasteiger partial charge in [0.1, 0.15) is 0 Å². The molecule has 2 aromatic rings. The average molecular weight is 254 g/mol. The maximum atomic E-state index is 9.18. The Hall–Kier alpha value is -2.05. The van der Waals surface area contributed by atoms with Crippen LogP contribution in [0, 0.1) is 11.3 Å². The summed E-state index contributed by atoms with van der Waals surface area (Å²) in [7, 11) is 1.71. The van der Waals surface area contributed by atoms with Gasteiger partial charge in [-0.15, -0.1) is 0 Å². The third kappa shape index (κ3) is 2.69. The van der Waals surface area contributed by atoms with E-state index in [1.165, 1.54) is 0 Å². The van der Waals surface area contributed by atoms with Crippen molar-refractivity contribution in [3.63, 3.8) is 0 Å². The molecule has 0 saturated carbocycles. The Bertz CT molecular complexity index is 601. The smallest absolute Gasteiger partial charge is 0.0998 e. The molecule has 19 heavy (non-hydrogen) atoms. The van der Waals surface area contributed by atoms with Gasteiger partial charge in [0, 0.05) is 36.7 Å². The lowest BCUT2D eigenvalue weighted by molar-refractivity contribution is 0.205. The van der Waals surface area contributed by atoms with Crippen LogP contribution in [0.2, 0.25) is 0 Å². The SMILES string of the molecule is CCN(CCOC)c1ccc(C#N)c2ccccc12. The molecule has 2 rings (SSSR count). The maximum absolute atomic E-state index is 9.18. The van der Waals surface area contributed by atoms with Crippen molar-refractivity contribution in [1.82, 2.24) is 0 Å². The zero-order valence-corrected chi connectivity index (χ0v) is 11.4. The highest BCUT2D eigenvalue weighted by Crippen LogP contribution is 2.29. The fraction of sp³-hybridized carbons (Fsp3) is 0.312. The van der Waals surface area contributed by atoms with Crippen LogP contribution in [0.5, 0.6) is 0 Å². The third-order valence-electron chi connectivity index (χ3n) is 3.31. The number of anilines is 1. The average Bonchev–Trinajstić information content (AvgIpc) is 2.48. The molecule has 0 aliphatic heterocycles. The first-order valence-corrected chi connectivity index (χ1v) is 6.47. The van der Waals surface area contributed by atoms with E-state index in [4.69, 9.17) is 4.74 Å². The summed E-state index contributed by atoms with van der Waals surface area (Å²) in [6.45, 7) is 4.59. The van der Waals surface area contributed by atoms with E-state index >= 15 is 0 Å². The molecule has 0 N–H and O–H groups in total. The van der Waals surface area contributed by atoms with Gasteiger partial charge in [-0.25, -0.2) is 0 Å². The van der Waals surface area contributed by atoms with Crippen molar-refractivity contribution in [2.75, 3.05) is 31.7 Å². The van der Waals surface area contributed by atoms with Crippen molar-refractivity contribution in [1.29, 1.82) is 5.26 Å². The van der Waals surface area contributed by atoms with E-state index in [1.807, 2.05) is 30.3 Å². The molecule has 0 unspecified atom stereocenters. The van der Waals surface area contributed by atoms with E-state index in [2.05, 4.69) is 24.0 Å². The topological polar surface area (TPSA) is 36.3 Å². The van der Waals surface area contributed by atoms with Crippen LogP contribution in [0.1, 0.15) is 12.5 Å². The van der Waals surface area contributed by atoms with Gasteiger partial charge in [-0.2, -0.15) is 5.26 Å². The summed E-state index contributed by atoms with van der Waals surface area (Å²) in [6.07, 6.45) is 0. The number of ether oxygens (including phenoxy) is 1. The highest BCUT2D eigenvalue weighted by atomic mass is 16.5. The number of fused-ring (bicyclic) bond motifs is 1.